The molecule has 2 aliphatic heterocycles. The molecule has 0 spiro atoms. The van der Waals surface area contributed by atoms with E-state index in [0.29, 0.717) is 25.9 Å². The minimum atomic E-state index is -0.464. The Bertz CT molecular complexity index is 856. The molecular formula is C22H30N6O2. The Kier molecular flexibility index (Phi) is 6.11. The van der Waals surface area contributed by atoms with Crippen LogP contribution in [0.4, 0.5) is 0 Å². The van der Waals surface area contributed by atoms with E-state index in [4.69, 9.17) is 0 Å². The Morgan fingerprint density at radius 1 is 1.30 bits per heavy atom. The summed E-state index contributed by atoms with van der Waals surface area (Å²) in [6.07, 6.45) is 10.3. The van der Waals surface area contributed by atoms with Gasteiger partial charge in [0.05, 0.1) is 5.41 Å². The highest BCUT2D eigenvalue weighted by molar-refractivity contribution is 5.87. The van der Waals surface area contributed by atoms with Crippen LogP contribution in [0.2, 0.25) is 0 Å². The van der Waals surface area contributed by atoms with Crippen LogP contribution in [0.5, 0.6) is 0 Å². The van der Waals surface area contributed by atoms with E-state index in [-0.39, 0.29) is 23.9 Å². The molecule has 2 saturated heterocycles. The van der Waals surface area contributed by atoms with Crippen LogP contribution < -0.4 is 5.32 Å². The third-order valence-electron chi connectivity index (χ3n) is 6.75. The fraction of sp³-hybridized carbons (Fsp3) is 0.591. The minimum absolute atomic E-state index is 0.0150. The Morgan fingerprint density at radius 3 is 2.93 bits per heavy atom. The maximum Gasteiger partial charge on any atom is 0.228 e. The summed E-state index contributed by atoms with van der Waals surface area (Å²) in [5, 5.41) is 7.22. The van der Waals surface area contributed by atoms with Gasteiger partial charge in [0.2, 0.25) is 11.8 Å². The lowest BCUT2D eigenvalue weighted by Gasteiger charge is -2.35. The van der Waals surface area contributed by atoms with Crippen molar-refractivity contribution < 1.29 is 9.59 Å². The second-order valence-corrected chi connectivity index (χ2v) is 8.35. The van der Waals surface area contributed by atoms with Crippen molar-refractivity contribution in [2.45, 2.75) is 70.5 Å². The lowest BCUT2D eigenvalue weighted by Crippen LogP contribution is -2.50. The molecule has 0 unspecified atom stereocenters. The van der Waals surface area contributed by atoms with E-state index in [9.17, 15) is 9.59 Å². The molecular weight excluding hydrogens is 380 g/mol. The van der Waals surface area contributed by atoms with Crippen molar-refractivity contribution >= 4 is 11.8 Å². The Morgan fingerprint density at radius 2 is 2.20 bits per heavy atom. The SMILES string of the molecule is CC[C@]1(C(=O)NCCc2ccccn2)C[C@H]2CC[C@@H]1N2C(=O)CCCn1cncn1. The molecule has 3 atom stereocenters. The molecule has 0 aromatic carbocycles. The van der Waals surface area contributed by atoms with E-state index >= 15 is 0 Å². The maximum absolute atomic E-state index is 13.2. The number of pyridine rings is 1. The highest BCUT2D eigenvalue weighted by Crippen LogP contribution is 2.52. The van der Waals surface area contributed by atoms with Crippen molar-refractivity contribution in [3.63, 3.8) is 0 Å². The molecule has 8 nitrogen and oxygen atoms in total. The largest absolute Gasteiger partial charge is 0.355 e. The van der Waals surface area contributed by atoms with E-state index < -0.39 is 5.41 Å². The zero-order chi connectivity index (χ0) is 21.0. The van der Waals surface area contributed by atoms with Gasteiger partial charge in [0, 0.05) is 49.9 Å². The van der Waals surface area contributed by atoms with Crippen molar-refractivity contribution in [1.29, 1.82) is 0 Å². The molecule has 2 aromatic heterocycles. The van der Waals surface area contributed by atoms with Gasteiger partial charge in [-0.1, -0.05) is 13.0 Å². The topological polar surface area (TPSA) is 93.0 Å². The van der Waals surface area contributed by atoms with Crippen LogP contribution in [0.3, 0.4) is 0 Å². The lowest BCUT2D eigenvalue weighted by atomic mass is 9.71. The van der Waals surface area contributed by atoms with Crippen molar-refractivity contribution in [2.75, 3.05) is 6.54 Å². The number of nitrogens with zero attached hydrogens (tertiary/aromatic N) is 5. The average molecular weight is 411 g/mol. The molecule has 30 heavy (non-hydrogen) atoms. The molecule has 4 rings (SSSR count). The number of aromatic nitrogens is 4. The van der Waals surface area contributed by atoms with Crippen molar-refractivity contribution in [3.8, 4) is 0 Å². The highest BCUT2D eigenvalue weighted by Gasteiger charge is 2.59. The second kappa shape index (κ2) is 8.93. The number of carbonyl (C=O) groups is 2. The number of hydrogen-bond acceptors (Lipinski definition) is 5. The first-order chi connectivity index (χ1) is 14.6. The Labute approximate surface area is 177 Å². The number of nitrogens with one attached hydrogen (secondary N) is 1. The molecule has 2 amide bonds. The molecule has 2 fully saturated rings. The number of amides is 2. The third-order valence-corrected chi connectivity index (χ3v) is 6.75. The summed E-state index contributed by atoms with van der Waals surface area (Å²) < 4.78 is 1.75. The van der Waals surface area contributed by atoms with Gasteiger partial charge in [0.15, 0.2) is 0 Å². The summed E-state index contributed by atoms with van der Waals surface area (Å²) >= 11 is 0. The second-order valence-electron chi connectivity index (χ2n) is 8.35. The number of rotatable bonds is 9. The fourth-order valence-corrected chi connectivity index (χ4v) is 5.24. The minimum Gasteiger partial charge on any atom is -0.355 e. The summed E-state index contributed by atoms with van der Waals surface area (Å²) in [6, 6.07) is 6.02. The van der Waals surface area contributed by atoms with E-state index in [1.165, 1.54) is 6.33 Å². The predicted octanol–water partition coefficient (Wildman–Crippen LogP) is 1.97. The number of fused-ring (bicyclic) bond motifs is 2. The number of aryl methyl sites for hydroxylation is 1. The van der Waals surface area contributed by atoms with E-state index in [1.54, 1.807) is 17.2 Å². The molecule has 0 radical (unpaired) electrons. The Hall–Kier alpha value is -2.77. The van der Waals surface area contributed by atoms with Gasteiger partial charge in [-0.05, 0) is 44.2 Å². The van der Waals surface area contributed by atoms with Crippen LogP contribution in [0.15, 0.2) is 37.1 Å². The zero-order valence-corrected chi connectivity index (χ0v) is 17.5. The van der Waals surface area contributed by atoms with E-state index in [1.807, 2.05) is 23.1 Å². The third kappa shape index (κ3) is 3.95. The average Bonchev–Trinajstić information content (AvgIpc) is 3.50. The van der Waals surface area contributed by atoms with Crippen molar-refractivity contribution in [3.05, 3.63) is 42.7 Å². The molecule has 0 saturated carbocycles. The predicted molar refractivity (Wildman–Crippen MR) is 111 cm³/mol. The van der Waals surface area contributed by atoms with Crippen LogP contribution in [0.25, 0.3) is 0 Å². The van der Waals surface area contributed by atoms with Gasteiger partial charge < -0.3 is 10.2 Å². The molecule has 2 aliphatic rings. The van der Waals surface area contributed by atoms with Gasteiger partial charge in [-0.25, -0.2) is 4.98 Å². The zero-order valence-electron chi connectivity index (χ0n) is 17.5. The van der Waals surface area contributed by atoms with Crippen molar-refractivity contribution in [1.82, 2.24) is 30.0 Å². The van der Waals surface area contributed by atoms with E-state index in [0.717, 1.165) is 37.8 Å². The normalized spacial score (nSPS) is 24.9. The first kappa shape index (κ1) is 20.5. The standard InChI is InChI=1S/C22H30N6O2/c1-2-22(21(30)25-12-10-17-6-3-4-11-24-17)14-18-8-9-19(22)28(18)20(29)7-5-13-27-16-23-15-26-27/h3-4,6,11,15-16,18-19H,2,5,7-10,12-14H2,1H3,(H,25,30)/t18-,19+,22+/m1/s1. The van der Waals surface area contributed by atoms with Crippen LogP contribution in [-0.4, -0.2) is 55.1 Å². The smallest absolute Gasteiger partial charge is 0.228 e. The quantitative estimate of drug-likeness (QED) is 0.682. The summed E-state index contributed by atoms with van der Waals surface area (Å²) in [6.45, 7) is 3.33. The highest BCUT2D eigenvalue weighted by atomic mass is 16.2. The van der Waals surface area contributed by atoms with Gasteiger partial charge in [0.25, 0.3) is 0 Å². The van der Waals surface area contributed by atoms with Crippen LogP contribution >= 0.6 is 0 Å². The van der Waals surface area contributed by atoms with Gasteiger partial charge in [-0.15, -0.1) is 0 Å². The molecule has 1 N–H and O–H groups in total. The number of hydrogen-bond donors (Lipinski definition) is 1. The molecule has 8 heteroatoms. The van der Waals surface area contributed by atoms with Gasteiger partial charge in [0.1, 0.15) is 12.7 Å². The first-order valence-corrected chi connectivity index (χ1v) is 11.0. The molecule has 160 valence electrons. The van der Waals surface area contributed by atoms with Gasteiger partial charge in [-0.3, -0.25) is 19.3 Å². The van der Waals surface area contributed by atoms with Gasteiger partial charge >= 0.3 is 0 Å². The Balaban J connectivity index is 1.34. The molecule has 2 aromatic rings. The summed E-state index contributed by atoms with van der Waals surface area (Å²) in [7, 11) is 0. The fourth-order valence-electron chi connectivity index (χ4n) is 5.24. The lowest BCUT2D eigenvalue weighted by molar-refractivity contribution is -0.137. The monoisotopic (exact) mass is 410 g/mol. The first-order valence-electron chi connectivity index (χ1n) is 11.0. The van der Waals surface area contributed by atoms with Crippen LogP contribution in [0.1, 0.15) is 51.1 Å². The molecule has 4 heterocycles. The van der Waals surface area contributed by atoms with Crippen molar-refractivity contribution in [2.24, 2.45) is 5.41 Å². The molecule has 0 aliphatic carbocycles. The summed E-state index contributed by atoms with van der Waals surface area (Å²) in [5.74, 6) is 0.257. The molecule has 2 bridgehead atoms. The van der Waals surface area contributed by atoms with Gasteiger partial charge in [-0.2, -0.15) is 5.10 Å². The summed E-state index contributed by atoms with van der Waals surface area (Å²) in [4.78, 5) is 36.5. The number of carbonyl (C=O) groups excluding carboxylic acids is 2. The van der Waals surface area contributed by atoms with Crippen LogP contribution in [0, 0.1) is 5.41 Å². The summed E-state index contributed by atoms with van der Waals surface area (Å²) in [5.41, 5.74) is 0.509. The van der Waals surface area contributed by atoms with Crippen LogP contribution in [-0.2, 0) is 22.6 Å². The van der Waals surface area contributed by atoms with E-state index in [2.05, 4.69) is 27.3 Å². The maximum atomic E-state index is 13.2.